The Bertz CT molecular complexity index is 640. The molecular formula is C21H50O7Si5. The number of hydrogen-bond donors (Lipinski definition) is 0. The summed E-state index contributed by atoms with van der Waals surface area (Å²) in [6, 6.07) is 0. The first-order valence-corrected chi connectivity index (χ1v) is 28.8. The number of aldehydes is 1. The molecule has 0 saturated heterocycles. The van der Waals surface area contributed by atoms with Crippen molar-refractivity contribution in [3.63, 3.8) is 0 Å². The normalized spacial score (nSPS) is 17.8. The van der Waals surface area contributed by atoms with Gasteiger partial charge < -0.3 is 26.9 Å². The van der Waals surface area contributed by atoms with Gasteiger partial charge in [-0.3, -0.25) is 4.79 Å². The van der Waals surface area contributed by atoms with Gasteiger partial charge in [0.2, 0.25) is 8.32 Å². The van der Waals surface area contributed by atoms with Crippen molar-refractivity contribution < 1.29 is 31.7 Å². The van der Waals surface area contributed by atoms with Crippen molar-refractivity contribution in [1.82, 2.24) is 0 Å². The van der Waals surface area contributed by atoms with Gasteiger partial charge in [0.05, 0.1) is 0 Å². The van der Waals surface area contributed by atoms with Gasteiger partial charge in [0.1, 0.15) is 24.6 Å². The molecule has 7 nitrogen and oxygen atoms in total. The fourth-order valence-electron chi connectivity index (χ4n) is 3.01. The lowest BCUT2D eigenvalue weighted by atomic mass is 10.0. The van der Waals surface area contributed by atoms with Crippen molar-refractivity contribution in [3.05, 3.63) is 0 Å². The Morgan fingerprint density at radius 2 is 0.909 bits per heavy atom. The second-order valence-corrected chi connectivity index (χ2v) is 35.7. The van der Waals surface area contributed by atoms with Gasteiger partial charge in [0.15, 0.2) is 39.4 Å². The van der Waals surface area contributed by atoms with Crippen LogP contribution in [-0.4, -0.2) is 78.3 Å². The molecule has 0 N–H and O–H groups in total. The molecule has 12 heteroatoms. The maximum Gasteiger partial charge on any atom is 0.323 e. The molecule has 0 rings (SSSR count). The van der Waals surface area contributed by atoms with Crippen LogP contribution < -0.4 is 0 Å². The van der Waals surface area contributed by atoms with Gasteiger partial charge in [-0.2, -0.15) is 0 Å². The Kier molecular flexibility index (Phi) is 11.9. The summed E-state index contributed by atoms with van der Waals surface area (Å²) in [6.45, 7) is 30.4. The highest BCUT2D eigenvalue weighted by atomic mass is 28.4. The van der Waals surface area contributed by atoms with E-state index in [1.807, 2.05) is 58.9 Å². The Morgan fingerprint density at radius 3 is 1.21 bits per heavy atom. The molecule has 0 aliphatic rings. The minimum Gasteiger partial charge on any atom is -0.518 e. The molecule has 4 atom stereocenters. The van der Waals surface area contributed by atoms with Gasteiger partial charge in [-0.1, -0.05) is 0 Å². The lowest BCUT2D eigenvalue weighted by Gasteiger charge is -2.43. The summed E-state index contributed by atoms with van der Waals surface area (Å²) >= 11 is 0. The van der Waals surface area contributed by atoms with Crippen LogP contribution in [0.3, 0.4) is 0 Å². The van der Waals surface area contributed by atoms with Crippen molar-refractivity contribution in [2.75, 3.05) is 0 Å². The van der Waals surface area contributed by atoms with Crippen molar-refractivity contribution in [1.29, 1.82) is 0 Å². The minimum absolute atomic E-state index is 0.443. The third kappa shape index (κ3) is 15.6. The van der Waals surface area contributed by atoms with Crippen molar-refractivity contribution in [2.45, 2.75) is 123 Å². The average Bonchev–Trinajstić information content (AvgIpc) is 2.48. The fourth-order valence-corrected chi connectivity index (χ4v) is 7.89. The number of carbonyl (C=O) groups excluding carboxylic acids is 2. The van der Waals surface area contributed by atoms with Crippen LogP contribution in [0.25, 0.3) is 0 Å². The molecule has 33 heavy (non-hydrogen) atoms. The van der Waals surface area contributed by atoms with E-state index >= 15 is 0 Å². The predicted octanol–water partition coefficient (Wildman–Crippen LogP) is 5.44. The lowest BCUT2D eigenvalue weighted by Crippen LogP contribution is -2.61. The van der Waals surface area contributed by atoms with Gasteiger partial charge in [0, 0.05) is 0 Å². The standard InChI is InChI=1S/C21H50O7Si5/c1-29(2,3)24-17(16-22)18(25-30(4,5)6)19(26-31(7,8)9)20(27-32(10,11)12)21(23)28-33(13,14)15/h16-20H,1-15H3/t17-,18+,19+,20-/m0/s1. The molecule has 196 valence electrons. The molecule has 0 radical (unpaired) electrons. The van der Waals surface area contributed by atoms with Crippen LogP contribution in [0.4, 0.5) is 0 Å². The third-order valence-electron chi connectivity index (χ3n) is 3.67. The zero-order valence-electron chi connectivity index (χ0n) is 23.7. The number of hydrogen-bond acceptors (Lipinski definition) is 7. The van der Waals surface area contributed by atoms with Gasteiger partial charge in [-0.15, -0.1) is 0 Å². The summed E-state index contributed by atoms with van der Waals surface area (Å²) in [6.07, 6.45) is -2.66. The molecule has 0 unspecified atom stereocenters. The van der Waals surface area contributed by atoms with Crippen LogP contribution in [0, 0.1) is 0 Å². The van der Waals surface area contributed by atoms with Crippen molar-refractivity contribution in [3.8, 4) is 0 Å². The molecule has 0 aromatic rings. The van der Waals surface area contributed by atoms with Crippen LogP contribution in [0.2, 0.25) is 98.2 Å². The smallest absolute Gasteiger partial charge is 0.323 e. The molecule has 0 saturated carbocycles. The molecule has 0 spiro atoms. The Hall–Kier alpha value is 0.0644. The zero-order valence-corrected chi connectivity index (χ0v) is 28.7. The molecular weight excluding hydrogens is 505 g/mol. The number of carbonyl (C=O) groups is 2. The highest BCUT2D eigenvalue weighted by molar-refractivity contribution is 6.72. The molecule has 0 heterocycles. The van der Waals surface area contributed by atoms with E-state index in [1.54, 1.807) is 0 Å². The molecule has 0 aromatic carbocycles. The summed E-state index contributed by atoms with van der Waals surface area (Å²) in [5.74, 6) is -0.443. The summed E-state index contributed by atoms with van der Waals surface area (Å²) in [5.41, 5.74) is 0. The zero-order chi connectivity index (χ0) is 26.6. The largest absolute Gasteiger partial charge is 0.518 e. The lowest BCUT2D eigenvalue weighted by molar-refractivity contribution is -0.156. The molecule has 0 bridgehead atoms. The van der Waals surface area contributed by atoms with Gasteiger partial charge in [-0.05, 0) is 98.2 Å². The van der Waals surface area contributed by atoms with E-state index in [1.165, 1.54) is 0 Å². The highest BCUT2D eigenvalue weighted by Gasteiger charge is 2.48. The fraction of sp³-hybridized carbons (Fsp3) is 0.905. The second-order valence-electron chi connectivity index (χ2n) is 13.4. The van der Waals surface area contributed by atoms with Gasteiger partial charge in [-0.25, -0.2) is 0 Å². The van der Waals surface area contributed by atoms with Crippen LogP contribution in [0.5, 0.6) is 0 Å². The van der Waals surface area contributed by atoms with E-state index in [0.29, 0.717) is 0 Å². The molecule has 0 amide bonds. The number of rotatable bonds is 14. The Morgan fingerprint density at radius 1 is 0.545 bits per heavy atom. The van der Waals surface area contributed by atoms with Crippen LogP contribution in [0.15, 0.2) is 0 Å². The average molecular weight is 555 g/mol. The van der Waals surface area contributed by atoms with E-state index in [9.17, 15) is 9.59 Å². The Balaban J connectivity index is 6.77. The van der Waals surface area contributed by atoms with E-state index in [4.69, 9.17) is 22.1 Å². The predicted molar refractivity (Wildman–Crippen MR) is 148 cm³/mol. The van der Waals surface area contributed by atoms with Gasteiger partial charge >= 0.3 is 5.97 Å². The van der Waals surface area contributed by atoms with E-state index in [2.05, 4.69) is 39.3 Å². The van der Waals surface area contributed by atoms with Crippen molar-refractivity contribution >= 4 is 53.8 Å². The van der Waals surface area contributed by atoms with E-state index in [-0.39, 0.29) is 0 Å². The molecule has 0 aromatic heterocycles. The van der Waals surface area contributed by atoms with Crippen molar-refractivity contribution in [2.24, 2.45) is 0 Å². The summed E-state index contributed by atoms with van der Waals surface area (Å²) in [7, 11) is -10.9. The van der Waals surface area contributed by atoms with E-state index < -0.39 is 72.0 Å². The quantitative estimate of drug-likeness (QED) is 0.209. The summed E-state index contributed by atoms with van der Waals surface area (Å²) in [4.78, 5) is 25.8. The molecule has 0 aliphatic carbocycles. The first-order chi connectivity index (χ1) is 14.3. The molecule has 0 aliphatic heterocycles. The molecule has 0 fully saturated rings. The Labute approximate surface area is 207 Å². The summed E-state index contributed by atoms with van der Waals surface area (Å²) in [5, 5.41) is 0. The second kappa shape index (κ2) is 11.9. The third-order valence-corrected chi connectivity index (χ3v) is 8.38. The summed E-state index contributed by atoms with van der Waals surface area (Å²) < 4.78 is 31.8. The first-order valence-electron chi connectivity index (χ1n) is 11.7. The maximum atomic E-state index is 13.5. The van der Waals surface area contributed by atoms with E-state index in [0.717, 1.165) is 6.29 Å². The maximum absolute atomic E-state index is 13.5. The highest BCUT2D eigenvalue weighted by Crippen LogP contribution is 2.28. The SMILES string of the molecule is C[Si](C)(C)OC(=O)[C@@H](O[Si](C)(C)C)[C@H](O[Si](C)(C)C)[C@H](O[Si](C)(C)C)[C@H](C=O)O[Si](C)(C)C. The minimum atomic E-state index is -2.21. The topological polar surface area (TPSA) is 80.3 Å². The monoisotopic (exact) mass is 554 g/mol. The van der Waals surface area contributed by atoms with Crippen LogP contribution >= 0.6 is 0 Å². The first kappa shape index (κ1) is 33.1. The van der Waals surface area contributed by atoms with Gasteiger partial charge in [0.25, 0.3) is 0 Å². The van der Waals surface area contributed by atoms with Crippen LogP contribution in [-0.2, 0) is 31.7 Å². The van der Waals surface area contributed by atoms with Crippen LogP contribution in [0.1, 0.15) is 0 Å².